The Morgan fingerprint density at radius 1 is 1.62 bits per heavy atom. The number of hydrogen-bond acceptors (Lipinski definition) is 4. The van der Waals surface area contributed by atoms with Crippen LogP contribution in [0.25, 0.3) is 0 Å². The van der Waals surface area contributed by atoms with Gasteiger partial charge in [-0.2, -0.15) is 13.6 Å². The second-order valence-electron chi connectivity index (χ2n) is 2.35. The van der Waals surface area contributed by atoms with Crippen LogP contribution in [0.1, 0.15) is 5.56 Å². The maximum atomic E-state index is 10.5. The molecule has 72 valence electrons. The van der Waals surface area contributed by atoms with Gasteiger partial charge >= 0.3 is 10.3 Å². The Morgan fingerprint density at radius 3 is 2.69 bits per heavy atom. The smallest absolute Gasteiger partial charge is 0.369 e. The van der Waals surface area contributed by atoms with Gasteiger partial charge < -0.3 is 4.18 Å². The van der Waals surface area contributed by atoms with E-state index in [9.17, 15) is 8.42 Å². The molecule has 0 aliphatic carbocycles. The van der Waals surface area contributed by atoms with Crippen molar-refractivity contribution in [1.82, 2.24) is 4.98 Å². The number of nitrogens with zero attached hydrogens (tertiary/aromatic N) is 1. The van der Waals surface area contributed by atoms with Gasteiger partial charge in [0.15, 0.2) is 5.75 Å². The molecule has 0 unspecified atom stereocenters. The van der Waals surface area contributed by atoms with Gasteiger partial charge in [-0.15, -0.1) is 0 Å². The summed E-state index contributed by atoms with van der Waals surface area (Å²) in [5.41, 5.74) is 0.550. The lowest BCUT2D eigenvalue weighted by atomic mass is 10.3. The minimum Gasteiger partial charge on any atom is -0.369 e. The lowest BCUT2D eigenvalue weighted by molar-refractivity contribution is 0.484. The lowest BCUT2D eigenvalue weighted by Crippen LogP contribution is -2.19. The third kappa shape index (κ3) is 3.17. The van der Waals surface area contributed by atoms with Crippen molar-refractivity contribution >= 4 is 21.9 Å². The molecule has 1 rings (SSSR count). The first kappa shape index (κ1) is 10.2. The summed E-state index contributed by atoms with van der Waals surface area (Å²) < 4.78 is 25.5. The molecule has 0 aliphatic rings. The molecule has 0 atom stereocenters. The van der Waals surface area contributed by atoms with E-state index < -0.39 is 10.3 Å². The highest BCUT2D eigenvalue weighted by Crippen LogP contribution is 2.19. The molecule has 1 aromatic rings. The minimum atomic E-state index is -4.00. The summed E-state index contributed by atoms with van der Waals surface area (Å²) >= 11 is 5.54. The molecule has 0 spiro atoms. The fraction of sp³-hybridized carbons (Fsp3) is 0.167. The zero-order valence-electron chi connectivity index (χ0n) is 6.69. The van der Waals surface area contributed by atoms with Crippen molar-refractivity contribution in [2.75, 3.05) is 0 Å². The Hall–Kier alpha value is -0.850. The molecule has 0 radical (unpaired) electrons. The Labute approximate surface area is 80.7 Å². The highest BCUT2D eigenvalue weighted by atomic mass is 35.5. The van der Waals surface area contributed by atoms with Gasteiger partial charge in [0.05, 0.1) is 6.20 Å². The van der Waals surface area contributed by atoms with E-state index >= 15 is 0 Å². The van der Waals surface area contributed by atoms with Crippen LogP contribution in [0.15, 0.2) is 12.3 Å². The zero-order chi connectivity index (χ0) is 10.1. The average molecular weight is 223 g/mol. The van der Waals surface area contributed by atoms with Crippen LogP contribution in [-0.4, -0.2) is 13.4 Å². The van der Waals surface area contributed by atoms with Crippen LogP contribution in [0.2, 0.25) is 5.15 Å². The first-order chi connectivity index (χ1) is 5.88. The highest BCUT2D eigenvalue weighted by molar-refractivity contribution is 7.84. The molecule has 2 N–H and O–H groups in total. The maximum Gasteiger partial charge on any atom is 0.380 e. The van der Waals surface area contributed by atoms with Gasteiger partial charge in [0.2, 0.25) is 0 Å². The number of rotatable bonds is 2. The maximum absolute atomic E-state index is 10.5. The average Bonchev–Trinajstić information content (AvgIpc) is 1.93. The molecule has 13 heavy (non-hydrogen) atoms. The van der Waals surface area contributed by atoms with Crippen LogP contribution in [0.5, 0.6) is 5.75 Å². The van der Waals surface area contributed by atoms with Gasteiger partial charge in [-0.25, -0.2) is 4.98 Å². The molecule has 7 heteroatoms. The lowest BCUT2D eigenvalue weighted by Gasteiger charge is -2.04. The van der Waals surface area contributed by atoms with Gasteiger partial charge in [0.1, 0.15) is 5.15 Å². The molecule has 0 fully saturated rings. The van der Waals surface area contributed by atoms with Crippen LogP contribution in [0, 0.1) is 6.92 Å². The van der Waals surface area contributed by atoms with Crippen molar-refractivity contribution in [2.45, 2.75) is 6.92 Å². The normalized spacial score (nSPS) is 11.3. The SMILES string of the molecule is Cc1cc(Cl)ncc1OS(N)(=O)=O. The summed E-state index contributed by atoms with van der Waals surface area (Å²) in [5.74, 6) is 0.0758. The van der Waals surface area contributed by atoms with Gasteiger partial charge in [-0.3, -0.25) is 0 Å². The third-order valence-corrected chi connectivity index (χ3v) is 1.85. The minimum absolute atomic E-state index is 0.0758. The Balaban J connectivity index is 3.04. The number of aromatic nitrogens is 1. The monoisotopic (exact) mass is 222 g/mol. The van der Waals surface area contributed by atoms with Crippen molar-refractivity contribution in [3.63, 3.8) is 0 Å². The van der Waals surface area contributed by atoms with E-state index in [0.717, 1.165) is 0 Å². The van der Waals surface area contributed by atoms with Crippen molar-refractivity contribution in [3.05, 3.63) is 23.0 Å². The number of hydrogen-bond donors (Lipinski definition) is 1. The van der Waals surface area contributed by atoms with E-state index in [0.29, 0.717) is 5.56 Å². The Bertz CT molecular complexity index is 418. The summed E-state index contributed by atoms with van der Waals surface area (Å²) in [7, 11) is -4.00. The van der Waals surface area contributed by atoms with Gasteiger partial charge in [0, 0.05) is 0 Å². The molecular weight excluding hydrogens is 216 g/mol. The first-order valence-electron chi connectivity index (χ1n) is 3.23. The topological polar surface area (TPSA) is 82.3 Å². The number of halogens is 1. The Morgan fingerprint density at radius 2 is 2.23 bits per heavy atom. The standard InChI is InChI=1S/C6H7ClN2O3S/c1-4-2-6(7)9-3-5(4)12-13(8,10)11/h2-3H,1H3,(H2,8,10,11). The van der Waals surface area contributed by atoms with Crippen molar-refractivity contribution in [2.24, 2.45) is 5.14 Å². The molecule has 0 saturated carbocycles. The third-order valence-electron chi connectivity index (χ3n) is 1.24. The summed E-state index contributed by atoms with van der Waals surface area (Å²) in [5, 5.41) is 4.93. The van der Waals surface area contributed by atoms with Crippen LogP contribution in [-0.2, 0) is 10.3 Å². The van der Waals surface area contributed by atoms with E-state index in [-0.39, 0.29) is 10.9 Å². The second-order valence-corrected chi connectivity index (χ2v) is 3.89. The van der Waals surface area contributed by atoms with Gasteiger partial charge in [-0.05, 0) is 18.6 Å². The molecule has 0 saturated heterocycles. The van der Waals surface area contributed by atoms with Crippen LogP contribution < -0.4 is 9.32 Å². The van der Waals surface area contributed by atoms with Gasteiger partial charge in [0.25, 0.3) is 0 Å². The largest absolute Gasteiger partial charge is 0.380 e. The molecule has 5 nitrogen and oxygen atoms in total. The molecule has 1 heterocycles. The predicted octanol–water partition coefficient (Wildman–Crippen LogP) is 0.626. The fourth-order valence-electron chi connectivity index (χ4n) is 0.722. The van der Waals surface area contributed by atoms with Crippen molar-refractivity contribution in [3.8, 4) is 5.75 Å². The second kappa shape index (κ2) is 3.49. The number of pyridine rings is 1. The molecule has 0 amide bonds. The van der Waals surface area contributed by atoms with Crippen LogP contribution in [0.4, 0.5) is 0 Å². The zero-order valence-corrected chi connectivity index (χ0v) is 8.26. The van der Waals surface area contributed by atoms with E-state index in [4.69, 9.17) is 11.6 Å². The molecule has 0 aliphatic heterocycles. The van der Waals surface area contributed by atoms with Crippen LogP contribution >= 0.6 is 11.6 Å². The summed E-state index contributed by atoms with van der Waals surface area (Å²) in [6.07, 6.45) is 1.20. The van der Waals surface area contributed by atoms with Gasteiger partial charge in [-0.1, -0.05) is 11.6 Å². The summed E-state index contributed by atoms with van der Waals surface area (Å²) in [4.78, 5) is 3.64. The predicted molar refractivity (Wildman–Crippen MR) is 47.7 cm³/mol. The highest BCUT2D eigenvalue weighted by Gasteiger charge is 2.08. The van der Waals surface area contributed by atoms with E-state index in [1.54, 1.807) is 6.92 Å². The van der Waals surface area contributed by atoms with Crippen molar-refractivity contribution in [1.29, 1.82) is 0 Å². The first-order valence-corrected chi connectivity index (χ1v) is 5.08. The number of nitrogens with two attached hydrogens (primary N) is 1. The number of aryl methyl sites for hydroxylation is 1. The Kier molecular flexibility index (Phi) is 2.74. The summed E-state index contributed by atoms with van der Waals surface area (Å²) in [6, 6.07) is 1.47. The molecule has 0 aromatic carbocycles. The molecule has 0 bridgehead atoms. The van der Waals surface area contributed by atoms with Crippen LogP contribution in [0.3, 0.4) is 0 Å². The van der Waals surface area contributed by atoms with Crippen molar-refractivity contribution < 1.29 is 12.6 Å². The fourth-order valence-corrected chi connectivity index (χ4v) is 1.36. The molecule has 1 aromatic heterocycles. The van der Waals surface area contributed by atoms with E-state index in [1.165, 1.54) is 12.3 Å². The summed E-state index contributed by atoms with van der Waals surface area (Å²) in [6.45, 7) is 1.63. The van der Waals surface area contributed by atoms with E-state index in [1.807, 2.05) is 0 Å². The quantitative estimate of drug-likeness (QED) is 0.744. The van der Waals surface area contributed by atoms with E-state index in [2.05, 4.69) is 14.3 Å². The molecular formula is C6H7ClN2O3S.